The lowest BCUT2D eigenvalue weighted by atomic mass is 10.1. The van der Waals surface area contributed by atoms with Gasteiger partial charge in [-0.3, -0.25) is 24.0 Å². The van der Waals surface area contributed by atoms with Gasteiger partial charge in [-0.1, -0.05) is 12.1 Å². The second-order valence-electron chi connectivity index (χ2n) is 14.5. The molecule has 6 rings (SSSR count). The first-order valence-electron chi connectivity index (χ1n) is 20.4. The fourth-order valence-corrected chi connectivity index (χ4v) is 6.40. The number of aromatic hydroxyl groups is 3. The summed E-state index contributed by atoms with van der Waals surface area (Å²) < 4.78 is 11.0. The van der Waals surface area contributed by atoms with E-state index in [4.69, 9.17) is 9.47 Å². The molecular weight excluding hydrogens is 869 g/mol. The number of carbonyl (C=O) groups excluding carboxylic acids is 5. The zero-order valence-corrected chi connectivity index (χ0v) is 36.0. The maximum absolute atomic E-state index is 13.6. The van der Waals surface area contributed by atoms with E-state index < -0.39 is 52.7 Å². The quantitative estimate of drug-likeness (QED) is 0.0446. The molecule has 0 fully saturated rings. The van der Waals surface area contributed by atoms with Crippen LogP contribution in [0.15, 0.2) is 109 Å². The Labute approximate surface area is 381 Å². The Hall–Kier alpha value is -9.20. The monoisotopic (exact) mass is 912 g/mol. The summed E-state index contributed by atoms with van der Waals surface area (Å²) in [5.74, 6) is -6.25. The number of aromatic carboxylic acids is 1. The first-order valence-corrected chi connectivity index (χ1v) is 20.4. The molecule has 6 aromatic rings. The third kappa shape index (κ3) is 11.9. The summed E-state index contributed by atoms with van der Waals surface area (Å²) in [4.78, 5) is 78.1. The summed E-state index contributed by atoms with van der Waals surface area (Å²) in [6.07, 6.45) is 3.03. The molecule has 1 aromatic heterocycles. The van der Waals surface area contributed by atoms with Crippen LogP contribution in [0.4, 0.5) is 22.7 Å². The van der Waals surface area contributed by atoms with Crippen molar-refractivity contribution in [3.05, 3.63) is 142 Å². The Balaban J connectivity index is 1.10. The molecule has 0 aliphatic carbocycles. The SMILES string of the molecule is CCOc1c(NC(=O)c2ccc(NC(=O)c3ccc(NC(=O)[C@H](Cc4cn[nH]n4)NC(=O)c4ccc(NC(=O)/C(C)=C/c5ccc(O)cc5)cc4)cc3)c(OCC)c2O)ccc(C(=O)O)c1O. The van der Waals surface area contributed by atoms with E-state index in [9.17, 15) is 49.2 Å². The molecule has 5 amide bonds. The van der Waals surface area contributed by atoms with Gasteiger partial charge in [-0.15, -0.1) is 0 Å². The van der Waals surface area contributed by atoms with Crippen molar-refractivity contribution in [2.24, 2.45) is 0 Å². The number of ether oxygens (including phenoxy) is 2. The van der Waals surface area contributed by atoms with Gasteiger partial charge in [0, 0.05) is 34.5 Å². The van der Waals surface area contributed by atoms with Crippen LogP contribution in [-0.2, 0) is 16.0 Å². The molecule has 0 unspecified atom stereocenters. The summed E-state index contributed by atoms with van der Waals surface area (Å²) in [7, 11) is 0. The number of benzene rings is 5. The molecule has 67 heavy (non-hydrogen) atoms. The zero-order valence-electron chi connectivity index (χ0n) is 36.0. The minimum absolute atomic E-state index is 0.0109. The maximum atomic E-state index is 13.6. The average molecular weight is 913 g/mol. The number of hydrogen-bond acceptors (Lipinski definition) is 13. The molecule has 1 atom stereocenters. The highest BCUT2D eigenvalue weighted by molar-refractivity contribution is 6.11. The van der Waals surface area contributed by atoms with Gasteiger partial charge in [0.05, 0.1) is 42.0 Å². The topological polar surface area (TPSA) is 304 Å². The second kappa shape index (κ2) is 21.5. The lowest BCUT2D eigenvalue weighted by Crippen LogP contribution is -2.45. The number of phenols is 3. The van der Waals surface area contributed by atoms with Crippen molar-refractivity contribution in [3.8, 4) is 28.7 Å². The molecule has 0 aliphatic heterocycles. The van der Waals surface area contributed by atoms with Crippen LogP contribution in [0.25, 0.3) is 6.08 Å². The molecule has 0 saturated carbocycles. The summed E-state index contributed by atoms with van der Waals surface area (Å²) in [6, 6.07) is 21.9. The number of H-pyrrole nitrogens is 1. The minimum Gasteiger partial charge on any atom is -0.508 e. The van der Waals surface area contributed by atoms with Crippen LogP contribution in [0, 0.1) is 0 Å². The molecule has 20 heteroatoms. The van der Waals surface area contributed by atoms with Gasteiger partial charge in [-0.05, 0) is 117 Å². The number of hydrogen-bond donors (Lipinski definition) is 10. The number of aromatic amines is 1. The molecule has 0 saturated heterocycles. The number of rotatable bonds is 18. The number of anilines is 4. The van der Waals surface area contributed by atoms with Crippen molar-refractivity contribution >= 4 is 64.3 Å². The predicted octanol–water partition coefficient (Wildman–Crippen LogP) is 5.94. The number of carboxylic acid groups (broad SMARTS) is 1. The third-order valence-corrected chi connectivity index (χ3v) is 9.77. The van der Waals surface area contributed by atoms with E-state index in [0.29, 0.717) is 17.0 Å². The van der Waals surface area contributed by atoms with E-state index in [1.54, 1.807) is 51.1 Å². The van der Waals surface area contributed by atoms with Crippen LogP contribution in [-0.4, -0.2) is 90.6 Å². The van der Waals surface area contributed by atoms with Crippen molar-refractivity contribution in [1.82, 2.24) is 20.7 Å². The Bertz CT molecular complexity index is 2830. The van der Waals surface area contributed by atoms with Crippen LogP contribution < -0.4 is 36.1 Å². The van der Waals surface area contributed by atoms with Gasteiger partial charge in [0.25, 0.3) is 23.6 Å². The highest BCUT2D eigenvalue weighted by atomic mass is 16.5. The number of phenolic OH excluding ortho intramolecular Hbond substituents is 2. The first kappa shape index (κ1) is 47.3. The molecular formula is C47H44N8O12. The molecule has 10 N–H and O–H groups in total. The number of nitrogens with one attached hydrogen (secondary N) is 6. The zero-order chi connectivity index (χ0) is 48.2. The highest BCUT2D eigenvalue weighted by Gasteiger charge is 2.26. The van der Waals surface area contributed by atoms with E-state index in [-0.39, 0.29) is 76.5 Å². The maximum Gasteiger partial charge on any atom is 0.339 e. The first-order chi connectivity index (χ1) is 32.1. The Morgan fingerprint density at radius 3 is 1.75 bits per heavy atom. The predicted molar refractivity (Wildman–Crippen MR) is 245 cm³/mol. The number of amides is 5. The molecule has 0 bridgehead atoms. The van der Waals surface area contributed by atoms with Crippen LogP contribution in [0.1, 0.15) is 73.5 Å². The van der Waals surface area contributed by atoms with Crippen molar-refractivity contribution in [2.45, 2.75) is 33.2 Å². The molecule has 0 aliphatic rings. The van der Waals surface area contributed by atoms with E-state index in [1.165, 1.54) is 72.9 Å². The molecule has 0 spiro atoms. The van der Waals surface area contributed by atoms with Gasteiger partial charge in [-0.2, -0.15) is 15.4 Å². The largest absolute Gasteiger partial charge is 0.508 e. The Kier molecular flexibility index (Phi) is 15.1. The Morgan fingerprint density at radius 2 is 1.19 bits per heavy atom. The van der Waals surface area contributed by atoms with E-state index in [0.717, 1.165) is 11.6 Å². The van der Waals surface area contributed by atoms with Crippen molar-refractivity contribution in [1.29, 1.82) is 0 Å². The second-order valence-corrected chi connectivity index (χ2v) is 14.5. The lowest BCUT2D eigenvalue weighted by Gasteiger charge is -2.18. The number of carboxylic acids is 1. The standard InChI is InChI=1S/C47H44N8O12/c1-4-66-40-35(20-18-33(38(40)57)45(62)52-36-21-19-34(47(64)65)39(58)41(36)67-5-2)51-43(60)27-10-14-30(15-11-27)50-46(63)37(23-31-24-48-55-54-31)53-44(61)28-8-12-29(13-9-28)49-42(59)25(3)22-26-6-16-32(56)17-7-26/h6-22,24,37,56-58H,4-5,23H2,1-3H3,(H,49,59)(H,50,63)(H,51,60)(H,52,62)(H,53,61)(H,64,65)(H,48,54,55)/b25-22+/t37-/m0/s1. The smallest absolute Gasteiger partial charge is 0.339 e. The molecule has 20 nitrogen and oxygen atoms in total. The summed E-state index contributed by atoms with van der Waals surface area (Å²) in [5.41, 5.74) is 1.75. The number of carbonyl (C=O) groups is 6. The van der Waals surface area contributed by atoms with Gasteiger partial charge in [-0.25, -0.2) is 4.79 Å². The normalized spacial score (nSPS) is 11.4. The van der Waals surface area contributed by atoms with E-state index in [1.807, 2.05) is 0 Å². The van der Waals surface area contributed by atoms with Gasteiger partial charge in [0.15, 0.2) is 23.0 Å². The van der Waals surface area contributed by atoms with Gasteiger partial charge in [0.2, 0.25) is 5.91 Å². The van der Waals surface area contributed by atoms with Crippen LogP contribution in [0.3, 0.4) is 0 Å². The minimum atomic E-state index is -1.41. The van der Waals surface area contributed by atoms with E-state index >= 15 is 0 Å². The highest BCUT2D eigenvalue weighted by Crippen LogP contribution is 2.41. The van der Waals surface area contributed by atoms with Crippen molar-refractivity contribution in [2.75, 3.05) is 34.5 Å². The fraction of sp³-hybridized carbons (Fsp3) is 0.149. The number of aromatic nitrogens is 3. The van der Waals surface area contributed by atoms with Crippen LogP contribution in [0.2, 0.25) is 0 Å². The molecule has 1 heterocycles. The van der Waals surface area contributed by atoms with Crippen molar-refractivity contribution in [3.63, 3.8) is 0 Å². The van der Waals surface area contributed by atoms with Gasteiger partial charge in [0.1, 0.15) is 17.4 Å². The fourth-order valence-electron chi connectivity index (χ4n) is 6.40. The van der Waals surface area contributed by atoms with Crippen LogP contribution in [0.5, 0.6) is 28.7 Å². The van der Waals surface area contributed by atoms with Crippen molar-refractivity contribution < 1.29 is 58.7 Å². The summed E-state index contributed by atoms with van der Waals surface area (Å²) in [5, 5.41) is 64.1. The lowest BCUT2D eigenvalue weighted by molar-refractivity contribution is -0.118. The molecule has 5 aromatic carbocycles. The van der Waals surface area contributed by atoms with Gasteiger partial charge >= 0.3 is 5.97 Å². The molecule has 0 radical (unpaired) electrons. The third-order valence-electron chi connectivity index (χ3n) is 9.77. The average Bonchev–Trinajstić information content (AvgIpc) is 3.83. The summed E-state index contributed by atoms with van der Waals surface area (Å²) >= 11 is 0. The number of nitrogens with zero attached hydrogens (tertiary/aromatic N) is 2. The molecule has 344 valence electrons. The van der Waals surface area contributed by atoms with Crippen LogP contribution >= 0.6 is 0 Å². The van der Waals surface area contributed by atoms with Gasteiger partial charge < -0.3 is 56.5 Å². The summed E-state index contributed by atoms with van der Waals surface area (Å²) in [6.45, 7) is 4.92. The Morgan fingerprint density at radius 1 is 0.657 bits per heavy atom. The van der Waals surface area contributed by atoms with E-state index in [2.05, 4.69) is 42.0 Å².